The minimum atomic E-state index is 0.278. The largest absolute Gasteiger partial charge is 0.330 e. The molecule has 0 atom stereocenters. The highest BCUT2D eigenvalue weighted by atomic mass is 79.9. The van der Waals surface area contributed by atoms with Gasteiger partial charge in [-0.05, 0) is 54.9 Å². The van der Waals surface area contributed by atoms with Crippen molar-refractivity contribution < 1.29 is 0 Å². The predicted octanol–water partition coefficient (Wildman–Crippen LogP) is 3.71. The second-order valence-corrected chi connectivity index (χ2v) is 6.50. The molecular formula is C15H20BrN. The fourth-order valence-electron chi connectivity index (χ4n) is 3.62. The monoisotopic (exact) mass is 293 g/mol. The Kier molecular flexibility index (Phi) is 3.04. The summed E-state index contributed by atoms with van der Waals surface area (Å²) < 4.78 is 1.32. The summed E-state index contributed by atoms with van der Waals surface area (Å²) in [6.45, 7) is 0.804. The van der Waals surface area contributed by atoms with E-state index in [0.29, 0.717) is 0 Å². The van der Waals surface area contributed by atoms with Crippen molar-refractivity contribution in [2.75, 3.05) is 6.54 Å². The second kappa shape index (κ2) is 4.40. The molecular weight excluding hydrogens is 274 g/mol. The van der Waals surface area contributed by atoms with Crippen LogP contribution in [0.25, 0.3) is 0 Å². The van der Waals surface area contributed by atoms with Crippen molar-refractivity contribution in [1.29, 1.82) is 0 Å². The van der Waals surface area contributed by atoms with Crippen LogP contribution < -0.4 is 5.73 Å². The summed E-state index contributed by atoms with van der Waals surface area (Å²) in [6.07, 6.45) is 9.03. The summed E-state index contributed by atoms with van der Waals surface area (Å²) in [5.41, 5.74) is 11.0. The fourth-order valence-corrected chi connectivity index (χ4v) is 4.32. The molecule has 0 aromatic heterocycles. The summed E-state index contributed by atoms with van der Waals surface area (Å²) in [7, 11) is 0. The first kappa shape index (κ1) is 11.7. The molecule has 0 spiro atoms. The van der Waals surface area contributed by atoms with Crippen LogP contribution in [0.1, 0.15) is 48.8 Å². The Morgan fingerprint density at radius 3 is 2.59 bits per heavy atom. The predicted molar refractivity (Wildman–Crippen MR) is 75.4 cm³/mol. The summed E-state index contributed by atoms with van der Waals surface area (Å²) in [5.74, 6) is 0. The van der Waals surface area contributed by atoms with Gasteiger partial charge in [-0.25, -0.2) is 0 Å². The minimum absolute atomic E-state index is 0.278. The molecule has 0 aliphatic heterocycles. The fraction of sp³-hybridized carbons (Fsp3) is 0.600. The molecule has 1 aromatic carbocycles. The van der Waals surface area contributed by atoms with Crippen LogP contribution in [0.5, 0.6) is 0 Å². The third kappa shape index (κ3) is 1.86. The average Bonchev–Trinajstić information content (AvgIpc) is 2.98. The van der Waals surface area contributed by atoms with E-state index in [4.69, 9.17) is 5.73 Å². The van der Waals surface area contributed by atoms with E-state index in [1.807, 2.05) is 0 Å². The standard InChI is InChI=1S/C15H20BrN/c16-14-9-12(8-11-4-3-5-13(11)14)15(10-17)6-1-2-7-15/h8-9H,1-7,10,17H2. The quantitative estimate of drug-likeness (QED) is 0.884. The van der Waals surface area contributed by atoms with Gasteiger partial charge in [-0.2, -0.15) is 0 Å². The van der Waals surface area contributed by atoms with Gasteiger partial charge in [0.2, 0.25) is 0 Å². The van der Waals surface area contributed by atoms with Gasteiger partial charge in [0.25, 0.3) is 0 Å². The van der Waals surface area contributed by atoms with Gasteiger partial charge in [0, 0.05) is 16.4 Å². The van der Waals surface area contributed by atoms with Crippen LogP contribution in [0.3, 0.4) is 0 Å². The molecule has 0 unspecified atom stereocenters. The maximum atomic E-state index is 6.08. The normalized spacial score (nSPS) is 21.8. The summed E-state index contributed by atoms with van der Waals surface area (Å²) in [6, 6.07) is 4.80. The van der Waals surface area contributed by atoms with E-state index < -0.39 is 0 Å². The molecule has 92 valence electrons. The maximum absolute atomic E-state index is 6.08. The van der Waals surface area contributed by atoms with Crippen molar-refractivity contribution in [3.05, 3.63) is 33.3 Å². The lowest BCUT2D eigenvalue weighted by Gasteiger charge is -2.29. The van der Waals surface area contributed by atoms with Gasteiger partial charge in [-0.3, -0.25) is 0 Å². The third-order valence-corrected chi connectivity index (χ3v) is 5.43. The van der Waals surface area contributed by atoms with Gasteiger partial charge in [-0.15, -0.1) is 0 Å². The zero-order valence-corrected chi connectivity index (χ0v) is 11.9. The Morgan fingerprint density at radius 1 is 1.12 bits per heavy atom. The maximum Gasteiger partial charge on any atom is 0.0213 e. The number of fused-ring (bicyclic) bond motifs is 1. The van der Waals surface area contributed by atoms with E-state index >= 15 is 0 Å². The van der Waals surface area contributed by atoms with E-state index in [-0.39, 0.29) is 5.41 Å². The molecule has 0 heterocycles. The Bertz CT molecular complexity index is 433. The lowest BCUT2D eigenvalue weighted by atomic mass is 9.78. The van der Waals surface area contributed by atoms with Crippen LogP contribution >= 0.6 is 15.9 Å². The third-order valence-electron chi connectivity index (χ3n) is 4.72. The van der Waals surface area contributed by atoms with Gasteiger partial charge in [-0.1, -0.05) is 34.8 Å². The number of nitrogens with two attached hydrogens (primary N) is 1. The van der Waals surface area contributed by atoms with Gasteiger partial charge in [0.1, 0.15) is 0 Å². The Labute approximate surface area is 112 Å². The van der Waals surface area contributed by atoms with Gasteiger partial charge >= 0.3 is 0 Å². The van der Waals surface area contributed by atoms with Crippen LogP contribution in [0, 0.1) is 0 Å². The highest BCUT2D eigenvalue weighted by molar-refractivity contribution is 9.10. The molecule has 3 rings (SSSR count). The highest BCUT2D eigenvalue weighted by Gasteiger charge is 2.35. The highest BCUT2D eigenvalue weighted by Crippen LogP contribution is 2.43. The van der Waals surface area contributed by atoms with Crippen LogP contribution in [0.2, 0.25) is 0 Å². The first-order valence-electron chi connectivity index (χ1n) is 6.77. The SMILES string of the molecule is NCC1(c2cc(Br)c3c(c2)CCC3)CCCC1. The van der Waals surface area contributed by atoms with E-state index in [0.717, 1.165) is 6.54 Å². The summed E-state index contributed by atoms with van der Waals surface area (Å²) in [4.78, 5) is 0. The molecule has 2 aliphatic rings. The molecule has 2 aliphatic carbocycles. The minimum Gasteiger partial charge on any atom is -0.330 e. The van der Waals surface area contributed by atoms with Crippen molar-refractivity contribution in [2.45, 2.75) is 50.4 Å². The first-order chi connectivity index (χ1) is 8.25. The van der Waals surface area contributed by atoms with Crippen molar-refractivity contribution in [3.63, 3.8) is 0 Å². The van der Waals surface area contributed by atoms with Gasteiger partial charge in [0.15, 0.2) is 0 Å². The zero-order valence-electron chi connectivity index (χ0n) is 10.3. The molecule has 0 bridgehead atoms. The number of halogens is 1. The van der Waals surface area contributed by atoms with Crippen LogP contribution in [0.15, 0.2) is 16.6 Å². The molecule has 17 heavy (non-hydrogen) atoms. The molecule has 1 nitrogen and oxygen atoms in total. The first-order valence-corrected chi connectivity index (χ1v) is 7.56. The molecule has 1 fully saturated rings. The number of hydrogen-bond acceptors (Lipinski definition) is 1. The lowest BCUT2D eigenvalue weighted by Crippen LogP contribution is -2.32. The summed E-state index contributed by atoms with van der Waals surface area (Å²) >= 11 is 3.76. The van der Waals surface area contributed by atoms with E-state index in [1.54, 1.807) is 11.1 Å². The average molecular weight is 294 g/mol. The van der Waals surface area contributed by atoms with E-state index in [2.05, 4.69) is 28.1 Å². The van der Waals surface area contributed by atoms with Crippen LogP contribution in [0.4, 0.5) is 0 Å². The number of hydrogen-bond donors (Lipinski definition) is 1. The Hall–Kier alpha value is -0.340. The number of benzene rings is 1. The zero-order chi connectivity index (χ0) is 11.9. The molecule has 1 aromatic rings. The topological polar surface area (TPSA) is 26.0 Å². The molecule has 2 heteroatoms. The number of aryl methyl sites for hydroxylation is 1. The molecule has 2 N–H and O–H groups in total. The second-order valence-electron chi connectivity index (χ2n) is 5.64. The van der Waals surface area contributed by atoms with Crippen LogP contribution in [-0.4, -0.2) is 6.54 Å². The smallest absolute Gasteiger partial charge is 0.0213 e. The molecule has 0 radical (unpaired) electrons. The summed E-state index contributed by atoms with van der Waals surface area (Å²) in [5, 5.41) is 0. The number of rotatable bonds is 2. The van der Waals surface area contributed by atoms with Crippen molar-refractivity contribution in [3.8, 4) is 0 Å². The van der Waals surface area contributed by atoms with Crippen molar-refractivity contribution in [2.24, 2.45) is 5.73 Å². The molecule has 0 saturated heterocycles. The lowest BCUT2D eigenvalue weighted by molar-refractivity contribution is 0.452. The van der Waals surface area contributed by atoms with Crippen molar-refractivity contribution in [1.82, 2.24) is 0 Å². The van der Waals surface area contributed by atoms with E-state index in [1.165, 1.54) is 55.0 Å². The molecule has 1 saturated carbocycles. The molecule has 0 amide bonds. The van der Waals surface area contributed by atoms with E-state index in [9.17, 15) is 0 Å². The van der Waals surface area contributed by atoms with Gasteiger partial charge < -0.3 is 5.73 Å². The Morgan fingerprint density at radius 2 is 1.88 bits per heavy atom. The van der Waals surface area contributed by atoms with Gasteiger partial charge in [0.05, 0.1) is 0 Å². The Balaban J connectivity index is 2.06. The van der Waals surface area contributed by atoms with Crippen LogP contribution in [-0.2, 0) is 18.3 Å². The van der Waals surface area contributed by atoms with Crippen molar-refractivity contribution >= 4 is 15.9 Å².